The molecule has 0 aliphatic carbocycles. The number of carbonyl (C=O) groups is 1. The van der Waals surface area contributed by atoms with Gasteiger partial charge in [-0.3, -0.25) is 0 Å². The molecule has 0 atom stereocenters. The fraction of sp³-hybridized carbons (Fsp3) is 0.579. The summed E-state index contributed by atoms with van der Waals surface area (Å²) in [6, 6.07) is 2.12. The summed E-state index contributed by atoms with van der Waals surface area (Å²) in [5, 5.41) is 8.79. The normalized spacial score (nSPS) is 16.9. The highest BCUT2D eigenvalue weighted by Crippen LogP contribution is 2.21. The molecule has 0 aromatic rings. The summed E-state index contributed by atoms with van der Waals surface area (Å²) >= 11 is 0. The molecule has 1 fully saturated rings. The van der Waals surface area contributed by atoms with Gasteiger partial charge in [-0.15, -0.1) is 0 Å². The van der Waals surface area contributed by atoms with Crippen LogP contribution in [0.2, 0.25) is 0 Å². The third kappa shape index (κ3) is 7.19. The Morgan fingerprint density at radius 3 is 2.39 bits per heavy atom. The van der Waals surface area contributed by atoms with E-state index in [0.717, 1.165) is 19.3 Å². The van der Waals surface area contributed by atoms with E-state index >= 15 is 0 Å². The van der Waals surface area contributed by atoms with Crippen molar-refractivity contribution in [3.8, 4) is 6.07 Å². The van der Waals surface area contributed by atoms with Crippen molar-refractivity contribution in [2.24, 2.45) is 0 Å². The van der Waals surface area contributed by atoms with E-state index in [1.165, 1.54) is 11.1 Å². The van der Waals surface area contributed by atoms with Crippen LogP contribution in [0.25, 0.3) is 0 Å². The van der Waals surface area contributed by atoms with E-state index in [1.54, 1.807) is 11.8 Å². The van der Waals surface area contributed by atoms with Crippen LogP contribution in [0.5, 0.6) is 0 Å². The molecule has 0 unspecified atom stereocenters. The number of allylic oxidation sites excluding steroid dienone is 5. The Labute approximate surface area is 140 Å². The quantitative estimate of drug-likeness (QED) is 0.557. The van der Waals surface area contributed by atoms with Crippen LogP contribution in [0, 0.1) is 11.3 Å². The monoisotopic (exact) mass is 316 g/mol. The summed E-state index contributed by atoms with van der Waals surface area (Å²) < 4.78 is 5.41. The zero-order valence-corrected chi connectivity index (χ0v) is 15.0. The molecule has 1 heterocycles. The van der Waals surface area contributed by atoms with E-state index in [-0.39, 0.29) is 6.09 Å². The van der Waals surface area contributed by atoms with Crippen LogP contribution >= 0.6 is 0 Å². The van der Waals surface area contributed by atoms with Crippen molar-refractivity contribution in [1.29, 1.82) is 5.26 Å². The zero-order valence-electron chi connectivity index (χ0n) is 15.0. The summed E-state index contributed by atoms with van der Waals surface area (Å²) in [4.78, 5) is 13.8. The lowest BCUT2D eigenvalue weighted by Crippen LogP contribution is -2.40. The average molecular weight is 316 g/mol. The topological polar surface area (TPSA) is 53.3 Å². The average Bonchev–Trinajstić information content (AvgIpc) is 2.49. The van der Waals surface area contributed by atoms with Gasteiger partial charge in [0.15, 0.2) is 0 Å². The maximum Gasteiger partial charge on any atom is 0.410 e. The van der Waals surface area contributed by atoms with Crippen molar-refractivity contribution in [2.45, 2.75) is 59.5 Å². The third-order valence-corrected chi connectivity index (χ3v) is 3.58. The molecule has 1 aliphatic rings. The molecule has 0 aromatic carbocycles. The minimum atomic E-state index is -0.448. The molecule has 1 amide bonds. The predicted molar refractivity (Wildman–Crippen MR) is 92.9 cm³/mol. The van der Waals surface area contributed by atoms with Gasteiger partial charge in [0.05, 0.1) is 6.07 Å². The van der Waals surface area contributed by atoms with Crippen LogP contribution in [0.3, 0.4) is 0 Å². The molecule has 0 spiro atoms. The Hall–Kier alpha value is -2.02. The Bertz CT molecular complexity index is 547. The number of amides is 1. The van der Waals surface area contributed by atoms with Gasteiger partial charge in [0.25, 0.3) is 0 Å². The first-order valence-corrected chi connectivity index (χ1v) is 8.20. The van der Waals surface area contributed by atoms with Gasteiger partial charge in [-0.2, -0.15) is 5.26 Å². The van der Waals surface area contributed by atoms with Crippen LogP contribution in [-0.4, -0.2) is 29.7 Å². The Morgan fingerprint density at radius 2 is 1.91 bits per heavy atom. The molecule has 1 rings (SSSR count). The summed E-state index contributed by atoms with van der Waals surface area (Å²) in [5.41, 5.74) is 2.81. The summed E-state index contributed by atoms with van der Waals surface area (Å²) in [7, 11) is 0. The van der Waals surface area contributed by atoms with Gasteiger partial charge in [-0.1, -0.05) is 24.6 Å². The van der Waals surface area contributed by atoms with E-state index in [4.69, 9.17) is 10.00 Å². The highest BCUT2D eigenvalue weighted by atomic mass is 16.6. The molecule has 0 saturated carbocycles. The van der Waals surface area contributed by atoms with E-state index in [9.17, 15) is 4.79 Å². The largest absolute Gasteiger partial charge is 0.444 e. The smallest absolute Gasteiger partial charge is 0.410 e. The second-order valence-electron chi connectivity index (χ2n) is 6.83. The van der Waals surface area contributed by atoms with Gasteiger partial charge >= 0.3 is 6.09 Å². The summed E-state index contributed by atoms with van der Waals surface area (Å²) in [6.45, 7) is 11.0. The van der Waals surface area contributed by atoms with E-state index in [2.05, 4.69) is 19.1 Å². The van der Waals surface area contributed by atoms with Crippen LogP contribution in [0.15, 0.2) is 34.9 Å². The second kappa shape index (κ2) is 8.57. The molecule has 0 N–H and O–H groups in total. The Balaban J connectivity index is 2.64. The van der Waals surface area contributed by atoms with Crippen molar-refractivity contribution in [3.63, 3.8) is 0 Å². The van der Waals surface area contributed by atoms with Crippen LogP contribution < -0.4 is 0 Å². The Kier molecular flexibility index (Phi) is 7.09. The molecule has 23 heavy (non-hydrogen) atoms. The number of hydrogen-bond acceptors (Lipinski definition) is 3. The first-order chi connectivity index (χ1) is 10.7. The maximum atomic E-state index is 12.0. The van der Waals surface area contributed by atoms with Gasteiger partial charge in [0.2, 0.25) is 0 Å². The summed E-state index contributed by atoms with van der Waals surface area (Å²) in [6.07, 6.45) is 8.50. The number of ether oxygens (including phenoxy) is 1. The zero-order chi connectivity index (χ0) is 17.5. The highest BCUT2D eigenvalue weighted by molar-refractivity contribution is 5.68. The Morgan fingerprint density at radius 1 is 1.30 bits per heavy atom. The van der Waals surface area contributed by atoms with Crippen molar-refractivity contribution >= 4 is 6.09 Å². The number of rotatable bonds is 3. The number of hydrogen-bond donors (Lipinski definition) is 0. The van der Waals surface area contributed by atoms with Crippen molar-refractivity contribution in [2.75, 3.05) is 13.1 Å². The first kappa shape index (κ1) is 19.0. The molecule has 126 valence electrons. The van der Waals surface area contributed by atoms with E-state index in [1.807, 2.05) is 32.9 Å². The molecular formula is C19H28N2O2. The lowest BCUT2D eigenvalue weighted by atomic mass is 10.00. The maximum absolute atomic E-state index is 12.0. The summed E-state index contributed by atoms with van der Waals surface area (Å²) in [5.74, 6) is 0. The minimum Gasteiger partial charge on any atom is -0.444 e. The molecule has 0 aromatic heterocycles. The minimum absolute atomic E-state index is 0.226. The lowest BCUT2D eigenvalue weighted by Gasteiger charge is -2.31. The molecule has 0 radical (unpaired) electrons. The fourth-order valence-electron chi connectivity index (χ4n) is 2.25. The SMILES string of the molecule is CCC(=CC=C(C)C#N)C=C1CCN(C(=O)OC(C)(C)C)CC1. The van der Waals surface area contributed by atoms with Crippen molar-refractivity contribution in [3.05, 3.63) is 34.9 Å². The molecule has 1 saturated heterocycles. The number of piperidine rings is 1. The molecule has 4 heteroatoms. The molecular weight excluding hydrogens is 288 g/mol. The lowest BCUT2D eigenvalue weighted by molar-refractivity contribution is 0.0236. The molecule has 0 bridgehead atoms. The standard InChI is InChI=1S/C19H28N2O2/c1-6-16(8-7-15(2)14-20)13-17-9-11-21(12-10-17)18(22)23-19(3,4)5/h7-8,13H,6,9-12H2,1-5H3. The van der Waals surface area contributed by atoms with E-state index in [0.29, 0.717) is 18.7 Å². The van der Waals surface area contributed by atoms with Crippen LogP contribution in [0.4, 0.5) is 4.79 Å². The number of carbonyl (C=O) groups excluding carboxylic acids is 1. The van der Waals surface area contributed by atoms with Gasteiger partial charge < -0.3 is 9.64 Å². The van der Waals surface area contributed by atoms with Crippen LogP contribution in [0.1, 0.15) is 53.9 Å². The van der Waals surface area contributed by atoms with Gasteiger partial charge in [-0.25, -0.2) is 4.79 Å². The van der Waals surface area contributed by atoms with Crippen molar-refractivity contribution < 1.29 is 9.53 Å². The number of nitrogens with zero attached hydrogens (tertiary/aromatic N) is 2. The van der Waals surface area contributed by atoms with Gasteiger partial charge in [0, 0.05) is 18.7 Å². The van der Waals surface area contributed by atoms with Crippen LogP contribution in [-0.2, 0) is 4.74 Å². The van der Waals surface area contributed by atoms with E-state index < -0.39 is 5.60 Å². The van der Waals surface area contributed by atoms with Gasteiger partial charge in [-0.05, 0) is 58.6 Å². The predicted octanol–water partition coefficient (Wildman–Crippen LogP) is 4.75. The highest BCUT2D eigenvalue weighted by Gasteiger charge is 2.24. The molecule has 4 nitrogen and oxygen atoms in total. The number of nitriles is 1. The third-order valence-electron chi connectivity index (χ3n) is 3.58. The first-order valence-electron chi connectivity index (χ1n) is 8.20. The van der Waals surface area contributed by atoms with Crippen molar-refractivity contribution in [1.82, 2.24) is 4.90 Å². The fourth-order valence-corrected chi connectivity index (χ4v) is 2.25. The van der Waals surface area contributed by atoms with Gasteiger partial charge in [0.1, 0.15) is 5.60 Å². The molecule has 1 aliphatic heterocycles. The number of likely N-dealkylation sites (tertiary alicyclic amines) is 1. The second-order valence-corrected chi connectivity index (χ2v) is 6.83.